The summed E-state index contributed by atoms with van der Waals surface area (Å²) in [5.41, 5.74) is 0.780. The van der Waals surface area contributed by atoms with Gasteiger partial charge in [0, 0.05) is 4.47 Å². The average molecular weight is 305 g/mol. The number of halogens is 1. The Labute approximate surface area is 113 Å². The summed E-state index contributed by atoms with van der Waals surface area (Å²) in [5, 5.41) is 0. The van der Waals surface area contributed by atoms with Crippen LogP contribution in [0.4, 0.5) is 0 Å². The first kappa shape index (κ1) is 12.5. The lowest BCUT2D eigenvalue weighted by Crippen LogP contribution is -2.09. The number of hydrogen-bond donors (Lipinski definition) is 0. The molecule has 0 radical (unpaired) electrons. The highest BCUT2D eigenvalue weighted by molar-refractivity contribution is 9.10. The molecule has 0 spiro atoms. The van der Waals surface area contributed by atoms with Crippen LogP contribution in [0.3, 0.4) is 0 Å². The van der Waals surface area contributed by atoms with Crippen LogP contribution >= 0.6 is 15.9 Å². The topological polar surface area (TPSA) is 43.4 Å². The van der Waals surface area contributed by atoms with E-state index in [0.29, 0.717) is 17.4 Å². The quantitative estimate of drug-likeness (QED) is 0.495. The van der Waals surface area contributed by atoms with E-state index >= 15 is 0 Å². The lowest BCUT2D eigenvalue weighted by atomic mass is 10.2. The van der Waals surface area contributed by atoms with Gasteiger partial charge in [0.25, 0.3) is 0 Å². The van der Waals surface area contributed by atoms with Crippen LogP contribution in [0.25, 0.3) is 0 Å². The summed E-state index contributed by atoms with van der Waals surface area (Å²) in [7, 11) is 0. The number of hydrogen-bond acceptors (Lipinski definition) is 3. The highest BCUT2D eigenvalue weighted by Crippen LogP contribution is 2.18. The second kappa shape index (κ2) is 5.60. The predicted molar refractivity (Wildman–Crippen MR) is 70.9 cm³/mol. The lowest BCUT2D eigenvalue weighted by molar-refractivity contribution is 0.0733. The van der Waals surface area contributed by atoms with Crippen LogP contribution in [0.2, 0.25) is 0 Å². The van der Waals surface area contributed by atoms with Gasteiger partial charge in [-0.25, -0.2) is 4.79 Å². The molecule has 0 saturated carbocycles. The molecule has 2 aromatic rings. The molecule has 18 heavy (non-hydrogen) atoms. The number of benzene rings is 2. The van der Waals surface area contributed by atoms with Gasteiger partial charge in [0.2, 0.25) is 0 Å². The number of rotatable bonds is 3. The van der Waals surface area contributed by atoms with E-state index in [-0.39, 0.29) is 5.75 Å². The molecule has 0 saturated heterocycles. The third kappa shape index (κ3) is 2.84. The van der Waals surface area contributed by atoms with Crippen LogP contribution in [-0.4, -0.2) is 12.3 Å². The Kier molecular flexibility index (Phi) is 3.89. The zero-order valence-electron chi connectivity index (χ0n) is 9.30. The van der Waals surface area contributed by atoms with Crippen LogP contribution in [0, 0.1) is 0 Å². The van der Waals surface area contributed by atoms with Gasteiger partial charge in [-0.3, -0.25) is 4.79 Å². The fourth-order valence-corrected chi connectivity index (χ4v) is 1.68. The Morgan fingerprint density at radius 3 is 2.39 bits per heavy atom. The number of carbonyl (C=O) groups excluding carboxylic acids is 2. The van der Waals surface area contributed by atoms with Crippen molar-refractivity contribution < 1.29 is 14.3 Å². The van der Waals surface area contributed by atoms with Crippen molar-refractivity contribution in [2.45, 2.75) is 0 Å². The highest BCUT2D eigenvalue weighted by Gasteiger charge is 2.10. The van der Waals surface area contributed by atoms with Crippen molar-refractivity contribution >= 4 is 28.2 Å². The van der Waals surface area contributed by atoms with Crippen molar-refractivity contribution in [1.82, 2.24) is 0 Å². The first-order chi connectivity index (χ1) is 8.70. The Morgan fingerprint density at radius 1 is 1.06 bits per heavy atom. The summed E-state index contributed by atoms with van der Waals surface area (Å²) >= 11 is 3.29. The molecule has 2 aromatic carbocycles. The molecule has 0 fully saturated rings. The van der Waals surface area contributed by atoms with E-state index in [0.717, 1.165) is 4.47 Å². The van der Waals surface area contributed by atoms with Crippen LogP contribution in [0.5, 0.6) is 5.75 Å². The van der Waals surface area contributed by atoms with Gasteiger partial charge in [0.05, 0.1) is 11.1 Å². The SMILES string of the molecule is O=Cc1ccccc1OC(=O)c1ccc(Br)cc1. The summed E-state index contributed by atoms with van der Waals surface area (Å²) in [4.78, 5) is 22.6. The molecular weight excluding hydrogens is 296 g/mol. The van der Waals surface area contributed by atoms with E-state index in [1.54, 1.807) is 48.5 Å². The summed E-state index contributed by atoms with van der Waals surface area (Å²) in [6.45, 7) is 0. The van der Waals surface area contributed by atoms with E-state index in [1.807, 2.05) is 0 Å². The minimum absolute atomic E-state index is 0.264. The van der Waals surface area contributed by atoms with Crippen LogP contribution in [0.15, 0.2) is 53.0 Å². The summed E-state index contributed by atoms with van der Waals surface area (Å²) in [6.07, 6.45) is 0.657. The normalized spacial score (nSPS) is 9.83. The molecule has 0 bridgehead atoms. The molecule has 0 aliphatic rings. The Bertz CT molecular complexity index is 576. The maximum absolute atomic E-state index is 11.8. The smallest absolute Gasteiger partial charge is 0.343 e. The van der Waals surface area contributed by atoms with Crippen LogP contribution < -0.4 is 4.74 Å². The van der Waals surface area contributed by atoms with E-state index in [9.17, 15) is 9.59 Å². The second-order valence-corrected chi connectivity index (χ2v) is 4.47. The molecule has 0 unspecified atom stereocenters. The van der Waals surface area contributed by atoms with Crippen molar-refractivity contribution in [3.8, 4) is 5.75 Å². The molecule has 0 heterocycles. The molecule has 0 aliphatic heterocycles. The molecular formula is C14H9BrO3. The van der Waals surface area contributed by atoms with E-state index < -0.39 is 5.97 Å². The van der Waals surface area contributed by atoms with Crippen LogP contribution in [-0.2, 0) is 0 Å². The van der Waals surface area contributed by atoms with Crippen molar-refractivity contribution in [3.63, 3.8) is 0 Å². The first-order valence-corrected chi connectivity index (χ1v) is 6.02. The Balaban J connectivity index is 2.21. The third-order valence-corrected chi connectivity index (χ3v) is 2.86. The van der Waals surface area contributed by atoms with Gasteiger partial charge < -0.3 is 4.74 Å². The monoisotopic (exact) mass is 304 g/mol. The summed E-state index contributed by atoms with van der Waals surface area (Å²) in [5.74, 6) is -0.225. The van der Waals surface area contributed by atoms with Gasteiger partial charge in [-0.05, 0) is 36.4 Å². The minimum Gasteiger partial charge on any atom is -0.422 e. The van der Waals surface area contributed by atoms with Gasteiger partial charge in [0.1, 0.15) is 5.75 Å². The Hall–Kier alpha value is -1.94. The number of para-hydroxylation sites is 1. The number of carbonyl (C=O) groups is 2. The molecule has 2 rings (SSSR count). The Morgan fingerprint density at radius 2 is 1.72 bits per heavy atom. The zero-order valence-corrected chi connectivity index (χ0v) is 10.9. The molecule has 0 N–H and O–H groups in total. The standard InChI is InChI=1S/C14H9BrO3/c15-12-7-5-10(6-8-12)14(17)18-13-4-2-1-3-11(13)9-16/h1-9H. The largest absolute Gasteiger partial charge is 0.422 e. The summed E-state index contributed by atoms with van der Waals surface area (Å²) in [6, 6.07) is 13.4. The van der Waals surface area contributed by atoms with Crippen molar-refractivity contribution in [2.75, 3.05) is 0 Å². The lowest BCUT2D eigenvalue weighted by Gasteiger charge is -2.06. The fourth-order valence-electron chi connectivity index (χ4n) is 1.42. The van der Waals surface area contributed by atoms with E-state index in [2.05, 4.69) is 15.9 Å². The maximum Gasteiger partial charge on any atom is 0.343 e. The van der Waals surface area contributed by atoms with Gasteiger partial charge >= 0.3 is 5.97 Å². The van der Waals surface area contributed by atoms with Crippen molar-refractivity contribution in [1.29, 1.82) is 0 Å². The molecule has 0 aromatic heterocycles. The second-order valence-electron chi connectivity index (χ2n) is 3.55. The van der Waals surface area contributed by atoms with Crippen LogP contribution in [0.1, 0.15) is 20.7 Å². The van der Waals surface area contributed by atoms with Gasteiger partial charge in [0.15, 0.2) is 6.29 Å². The third-order valence-electron chi connectivity index (χ3n) is 2.33. The minimum atomic E-state index is -0.489. The molecule has 3 nitrogen and oxygen atoms in total. The van der Waals surface area contributed by atoms with E-state index in [1.165, 1.54) is 0 Å². The molecule has 0 atom stereocenters. The highest BCUT2D eigenvalue weighted by atomic mass is 79.9. The number of esters is 1. The van der Waals surface area contributed by atoms with Crippen molar-refractivity contribution in [2.24, 2.45) is 0 Å². The molecule has 4 heteroatoms. The molecule has 0 amide bonds. The average Bonchev–Trinajstić information content (AvgIpc) is 2.40. The fraction of sp³-hybridized carbons (Fsp3) is 0. The first-order valence-electron chi connectivity index (χ1n) is 5.22. The maximum atomic E-state index is 11.8. The zero-order chi connectivity index (χ0) is 13.0. The predicted octanol–water partition coefficient (Wildman–Crippen LogP) is 3.48. The van der Waals surface area contributed by atoms with Gasteiger partial charge in [-0.1, -0.05) is 28.1 Å². The van der Waals surface area contributed by atoms with Gasteiger partial charge in [-0.15, -0.1) is 0 Å². The van der Waals surface area contributed by atoms with Gasteiger partial charge in [-0.2, -0.15) is 0 Å². The molecule has 0 aliphatic carbocycles. The number of aldehydes is 1. The van der Waals surface area contributed by atoms with Crippen molar-refractivity contribution in [3.05, 3.63) is 64.1 Å². The number of ether oxygens (including phenoxy) is 1. The summed E-state index contributed by atoms with van der Waals surface area (Å²) < 4.78 is 6.06. The van der Waals surface area contributed by atoms with E-state index in [4.69, 9.17) is 4.74 Å². The molecule has 90 valence electrons.